The van der Waals surface area contributed by atoms with E-state index in [0.717, 1.165) is 32.6 Å². The Hall–Kier alpha value is -2.31. The molecule has 0 bridgehead atoms. The van der Waals surface area contributed by atoms with Crippen molar-refractivity contribution in [1.29, 1.82) is 0 Å². The van der Waals surface area contributed by atoms with Gasteiger partial charge in [-0.15, -0.1) is 24.8 Å². The number of nitrogens with zero attached hydrogens (tertiary/aromatic N) is 7. The molecule has 1 aromatic carbocycles. The van der Waals surface area contributed by atoms with E-state index in [4.69, 9.17) is 14.7 Å². The molecule has 2 fully saturated rings. The standard InChI is InChI=1S/C24H32F2N8O.2ClH/c1-31(2)9-10-32-8-7-17(16-32)27-24-29-20(33-11-13-35-14-12-33)15-21(30-24)34-19-6-4-3-5-18(19)28-23(34)22(25)26;;/h3-6,15,17,22H,7-14,16H2,1-2H3,(H,27,29,30);2*1H/t17-;;/m0../s1. The number of fused-ring (bicyclic) bond motifs is 1. The first-order valence-corrected chi connectivity index (χ1v) is 12.1. The van der Waals surface area contributed by atoms with Crippen molar-refractivity contribution in [3.63, 3.8) is 0 Å². The summed E-state index contributed by atoms with van der Waals surface area (Å²) in [6.07, 6.45) is -1.76. The number of benzene rings is 1. The van der Waals surface area contributed by atoms with E-state index in [1.807, 2.05) is 6.07 Å². The molecule has 2 aliphatic heterocycles. The van der Waals surface area contributed by atoms with Crippen LogP contribution in [0.25, 0.3) is 16.9 Å². The van der Waals surface area contributed by atoms with E-state index in [1.165, 1.54) is 4.57 Å². The van der Waals surface area contributed by atoms with Gasteiger partial charge < -0.3 is 19.9 Å². The van der Waals surface area contributed by atoms with Crippen LogP contribution in [0.2, 0.25) is 0 Å². The first kappa shape index (κ1) is 29.2. The molecule has 0 amide bonds. The molecular formula is C24H34Cl2F2N8O. The topological polar surface area (TPSA) is 74.6 Å². The summed E-state index contributed by atoms with van der Waals surface area (Å²) in [5.74, 6) is 1.21. The monoisotopic (exact) mass is 558 g/mol. The summed E-state index contributed by atoms with van der Waals surface area (Å²) in [5, 5.41) is 3.48. The molecule has 0 unspecified atom stereocenters. The van der Waals surface area contributed by atoms with E-state index in [0.29, 0.717) is 54.9 Å². The number of alkyl halides is 2. The zero-order valence-corrected chi connectivity index (χ0v) is 22.6. The minimum atomic E-state index is -2.74. The average Bonchev–Trinajstić information content (AvgIpc) is 3.47. The Labute approximate surface area is 228 Å². The van der Waals surface area contributed by atoms with E-state index in [1.54, 1.807) is 24.3 Å². The minimum Gasteiger partial charge on any atom is -0.378 e. The lowest BCUT2D eigenvalue weighted by molar-refractivity contribution is 0.122. The lowest BCUT2D eigenvalue weighted by atomic mass is 10.3. The molecular weight excluding hydrogens is 525 g/mol. The largest absolute Gasteiger partial charge is 0.378 e. The van der Waals surface area contributed by atoms with Crippen molar-refractivity contribution in [3.8, 4) is 5.82 Å². The van der Waals surface area contributed by atoms with Crippen molar-refractivity contribution in [2.24, 2.45) is 0 Å². The van der Waals surface area contributed by atoms with Gasteiger partial charge in [0.15, 0.2) is 5.82 Å². The van der Waals surface area contributed by atoms with Crippen LogP contribution in [0.3, 0.4) is 0 Å². The molecule has 2 aromatic heterocycles. The minimum absolute atomic E-state index is 0. The number of anilines is 2. The maximum atomic E-state index is 14.0. The van der Waals surface area contributed by atoms with Crippen LogP contribution in [0.15, 0.2) is 30.3 Å². The van der Waals surface area contributed by atoms with E-state index >= 15 is 0 Å². The van der Waals surface area contributed by atoms with Crippen LogP contribution in [0.5, 0.6) is 0 Å². The Morgan fingerprint density at radius 3 is 2.51 bits per heavy atom. The van der Waals surface area contributed by atoms with Crippen LogP contribution in [-0.2, 0) is 4.74 Å². The van der Waals surface area contributed by atoms with Gasteiger partial charge in [-0.2, -0.15) is 9.97 Å². The Bertz CT molecular complexity index is 1160. The number of halogens is 4. The molecule has 0 spiro atoms. The van der Waals surface area contributed by atoms with Gasteiger partial charge in [0.2, 0.25) is 5.95 Å². The number of likely N-dealkylation sites (tertiary alicyclic amines) is 1. The second-order valence-electron chi connectivity index (χ2n) is 9.34. The Morgan fingerprint density at radius 1 is 1.05 bits per heavy atom. The molecule has 204 valence electrons. The number of imidazole rings is 1. The number of morpholine rings is 1. The van der Waals surface area contributed by atoms with Gasteiger partial charge in [0, 0.05) is 51.4 Å². The van der Waals surface area contributed by atoms with Crippen molar-refractivity contribution < 1.29 is 13.5 Å². The molecule has 0 aliphatic carbocycles. The van der Waals surface area contributed by atoms with E-state index in [-0.39, 0.29) is 36.7 Å². The van der Waals surface area contributed by atoms with Crippen molar-refractivity contribution in [1.82, 2.24) is 29.3 Å². The van der Waals surface area contributed by atoms with Crippen molar-refractivity contribution in [3.05, 3.63) is 36.2 Å². The molecule has 2 aliphatic rings. The highest BCUT2D eigenvalue weighted by atomic mass is 35.5. The van der Waals surface area contributed by atoms with Gasteiger partial charge >= 0.3 is 0 Å². The van der Waals surface area contributed by atoms with Crippen molar-refractivity contribution >= 4 is 47.6 Å². The third-order valence-corrected chi connectivity index (χ3v) is 6.51. The summed E-state index contributed by atoms with van der Waals surface area (Å²) in [6, 6.07) is 9.11. The van der Waals surface area contributed by atoms with Crippen LogP contribution < -0.4 is 10.2 Å². The lowest BCUT2D eigenvalue weighted by Gasteiger charge is -2.28. The molecule has 0 radical (unpaired) electrons. The summed E-state index contributed by atoms with van der Waals surface area (Å²) >= 11 is 0. The lowest BCUT2D eigenvalue weighted by Crippen LogP contribution is -2.37. The molecule has 0 saturated carbocycles. The summed E-state index contributed by atoms with van der Waals surface area (Å²) in [4.78, 5) is 20.4. The molecule has 13 heteroatoms. The molecule has 2 saturated heterocycles. The highest BCUT2D eigenvalue weighted by Gasteiger charge is 2.26. The zero-order valence-electron chi connectivity index (χ0n) is 21.0. The number of ether oxygens (including phenoxy) is 1. The van der Waals surface area contributed by atoms with Crippen molar-refractivity contribution in [2.75, 3.05) is 76.8 Å². The quantitative estimate of drug-likeness (QED) is 0.450. The zero-order chi connectivity index (χ0) is 24.4. The predicted octanol–water partition coefficient (Wildman–Crippen LogP) is 3.48. The SMILES string of the molecule is CN(C)CCN1CC[C@H](Nc2nc(N3CCOCC3)cc(-n3c(C(F)F)nc4ccccc43)n2)C1.Cl.Cl. The van der Waals surface area contributed by atoms with Crippen molar-refractivity contribution in [2.45, 2.75) is 18.9 Å². The number of hydrogen-bond acceptors (Lipinski definition) is 8. The molecule has 9 nitrogen and oxygen atoms in total. The number of rotatable bonds is 8. The first-order valence-electron chi connectivity index (χ1n) is 12.1. The highest BCUT2D eigenvalue weighted by molar-refractivity contribution is 5.85. The molecule has 1 N–H and O–H groups in total. The summed E-state index contributed by atoms with van der Waals surface area (Å²) in [6.45, 7) is 6.47. The fourth-order valence-corrected chi connectivity index (χ4v) is 4.66. The smallest absolute Gasteiger partial charge is 0.296 e. The number of para-hydroxylation sites is 2. The van der Waals surface area contributed by atoms with Gasteiger partial charge in [0.1, 0.15) is 11.6 Å². The van der Waals surface area contributed by atoms with Gasteiger partial charge in [-0.1, -0.05) is 12.1 Å². The molecule has 37 heavy (non-hydrogen) atoms. The van der Waals surface area contributed by atoms with E-state index in [2.05, 4.69) is 39.1 Å². The normalized spacial score (nSPS) is 18.3. The maximum Gasteiger partial charge on any atom is 0.296 e. The molecule has 4 heterocycles. The number of nitrogens with one attached hydrogen (secondary N) is 1. The fourth-order valence-electron chi connectivity index (χ4n) is 4.66. The Balaban J connectivity index is 0.00000190. The Morgan fingerprint density at radius 2 is 1.78 bits per heavy atom. The van der Waals surface area contributed by atoms with E-state index < -0.39 is 6.43 Å². The summed E-state index contributed by atoms with van der Waals surface area (Å²) in [5.41, 5.74) is 1.10. The van der Waals surface area contributed by atoms with Crippen LogP contribution >= 0.6 is 24.8 Å². The maximum absolute atomic E-state index is 14.0. The van der Waals surface area contributed by atoms with Gasteiger partial charge in [0.05, 0.1) is 24.2 Å². The van der Waals surface area contributed by atoms with Gasteiger partial charge in [-0.25, -0.2) is 13.8 Å². The summed E-state index contributed by atoms with van der Waals surface area (Å²) < 4.78 is 35.0. The Kier molecular flexibility index (Phi) is 10.3. The van der Waals surface area contributed by atoms with Crippen LogP contribution in [-0.4, -0.2) is 102 Å². The summed E-state index contributed by atoms with van der Waals surface area (Å²) in [7, 11) is 4.15. The number of hydrogen-bond donors (Lipinski definition) is 1. The van der Waals surface area contributed by atoms with Crippen LogP contribution in [0.1, 0.15) is 18.7 Å². The fraction of sp³-hybridized carbons (Fsp3) is 0.542. The van der Waals surface area contributed by atoms with E-state index in [9.17, 15) is 8.78 Å². The van der Waals surface area contributed by atoms with Crippen LogP contribution in [0, 0.1) is 0 Å². The second-order valence-corrected chi connectivity index (χ2v) is 9.34. The van der Waals surface area contributed by atoms with Crippen LogP contribution in [0.4, 0.5) is 20.5 Å². The predicted molar refractivity (Wildman–Crippen MR) is 146 cm³/mol. The first-order chi connectivity index (χ1) is 17.0. The number of aromatic nitrogens is 4. The van der Waals surface area contributed by atoms with Gasteiger partial charge in [-0.05, 0) is 32.6 Å². The molecule has 3 aromatic rings. The third-order valence-electron chi connectivity index (χ3n) is 6.51. The number of likely N-dealkylation sites (N-methyl/N-ethyl adjacent to an activating group) is 1. The second kappa shape index (κ2) is 13.0. The van der Waals surface area contributed by atoms with Gasteiger partial charge in [0.25, 0.3) is 6.43 Å². The van der Waals surface area contributed by atoms with Gasteiger partial charge in [-0.3, -0.25) is 9.47 Å². The average molecular weight is 559 g/mol. The molecule has 5 rings (SSSR count). The third kappa shape index (κ3) is 6.77. The highest BCUT2D eigenvalue weighted by Crippen LogP contribution is 2.29. The molecule has 1 atom stereocenters.